The molecule has 0 N–H and O–H groups in total. The van der Waals surface area contributed by atoms with Crippen LogP contribution in [0.4, 0.5) is 0 Å². The van der Waals surface area contributed by atoms with Gasteiger partial charge in [0.15, 0.2) is 0 Å². The maximum absolute atomic E-state index is 3.76. The molecule has 9 heavy (non-hydrogen) atoms. The molecule has 0 radical (unpaired) electrons. The second kappa shape index (κ2) is 6.33. The van der Waals surface area contributed by atoms with Gasteiger partial charge in [0.05, 0.1) is 0 Å². The molecule has 0 bridgehead atoms. The second-order valence-corrected chi connectivity index (χ2v) is 1.46. The van der Waals surface area contributed by atoms with Gasteiger partial charge in [-0.1, -0.05) is 19.3 Å². The standard InChI is InChI=1S/C6H6N.ClH.Mg/c1-6-3-2-4-7-5-6;;/h2-3,5H,1H3;1H;/q-1;;+2/p-1. The molecule has 1 aromatic rings. The van der Waals surface area contributed by atoms with Gasteiger partial charge in [0.25, 0.3) is 0 Å². The van der Waals surface area contributed by atoms with Crippen LogP contribution in [0.25, 0.3) is 0 Å². The number of hydrogen-bond acceptors (Lipinski definition) is 1. The summed E-state index contributed by atoms with van der Waals surface area (Å²) in [6.07, 6.45) is 4.46. The number of hydrogen-bond donors (Lipinski definition) is 0. The normalized spacial score (nSPS) is 6.78. The Morgan fingerprint density at radius 2 is 2.22 bits per heavy atom. The molecule has 0 saturated carbocycles. The van der Waals surface area contributed by atoms with Crippen molar-refractivity contribution < 1.29 is 12.4 Å². The van der Waals surface area contributed by atoms with Gasteiger partial charge in [0.1, 0.15) is 0 Å². The fourth-order valence-electron chi connectivity index (χ4n) is 0.394. The molecule has 0 amide bonds. The minimum atomic E-state index is 0. The van der Waals surface area contributed by atoms with Gasteiger partial charge in [-0.3, -0.25) is 0 Å². The van der Waals surface area contributed by atoms with E-state index in [-0.39, 0.29) is 35.5 Å². The van der Waals surface area contributed by atoms with Gasteiger partial charge >= 0.3 is 23.1 Å². The molecule has 1 nitrogen and oxygen atoms in total. The minimum absolute atomic E-state index is 0. The topological polar surface area (TPSA) is 12.9 Å². The van der Waals surface area contributed by atoms with Crippen LogP contribution in [-0.2, 0) is 0 Å². The number of nitrogens with zero attached hydrogens (tertiary/aromatic N) is 1. The van der Waals surface area contributed by atoms with E-state index in [1.165, 1.54) is 5.56 Å². The van der Waals surface area contributed by atoms with Crippen LogP contribution < -0.4 is 12.4 Å². The molecule has 3 heteroatoms. The van der Waals surface area contributed by atoms with Gasteiger partial charge in [-0.2, -0.15) is 12.1 Å². The summed E-state index contributed by atoms with van der Waals surface area (Å²) < 4.78 is 0. The van der Waals surface area contributed by atoms with Gasteiger partial charge in [0.2, 0.25) is 0 Å². The monoisotopic (exact) mass is 151 g/mol. The van der Waals surface area contributed by atoms with Crippen LogP contribution in [0.1, 0.15) is 5.56 Å². The molecule has 0 unspecified atom stereocenters. The maximum Gasteiger partial charge on any atom is 2.00 e. The third kappa shape index (κ3) is 4.69. The van der Waals surface area contributed by atoms with E-state index in [0.717, 1.165) is 0 Å². The molecule has 0 saturated heterocycles. The van der Waals surface area contributed by atoms with E-state index in [2.05, 4.69) is 11.2 Å². The van der Waals surface area contributed by atoms with Gasteiger partial charge in [-0.25, -0.2) is 0 Å². The Bertz CT molecular complexity index is 143. The van der Waals surface area contributed by atoms with Crippen molar-refractivity contribution >= 4 is 23.1 Å². The average molecular weight is 152 g/mol. The quantitative estimate of drug-likeness (QED) is 0.304. The Morgan fingerprint density at radius 3 is 2.44 bits per heavy atom. The van der Waals surface area contributed by atoms with Crippen molar-refractivity contribution in [1.29, 1.82) is 0 Å². The Hall–Kier alpha value is 0.206. The Kier molecular flexibility index (Phi) is 8.39. The Morgan fingerprint density at radius 1 is 1.56 bits per heavy atom. The van der Waals surface area contributed by atoms with Gasteiger partial charge in [0, 0.05) is 0 Å². The van der Waals surface area contributed by atoms with Crippen LogP contribution in [0.15, 0.2) is 18.3 Å². The van der Waals surface area contributed by atoms with E-state index in [1.54, 1.807) is 12.3 Å². The molecule has 0 aromatic carbocycles. The van der Waals surface area contributed by atoms with Crippen molar-refractivity contribution in [2.45, 2.75) is 6.92 Å². The molecule has 1 heterocycles. The van der Waals surface area contributed by atoms with Crippen LogP contribution in [0.5, 0.6) is 0 Å². The van der Waals surface area contributed by atoms with Crippen molar-refractivity contribution in [2.75, 3.05) is 0 Å². The molecule has 1 aromatic heterocycles. The summed E-state index contributed by atoms with van der Waals surface area (Å²) >= 11 is 0. The zero-order valence-corrected chi connectivity index (χ0v) is 7.43. The van der Waals surface area contributed by atoms with Gasteiger partial charge < -0.3 is 17.4 Å². The number of aryl methyl sites for hydroxylation is 1. The first-order valence-electron chi connectivity index (χ1n) is 2.18. The first-order chi connectivity index (χ1) is 3.39. The molecule has 44 valence electrons. The van der Waals surface area contributed by atoms with Crippen molar-refractivity contribution in [1.82, 2.24) is 4.98 Å². The molecule has 0 aliphatic rings. The van der Waals surface area contributed by atoms with E-state index in [9.17, 15) is 0 Å². The van der Waals surface area contributed by atoms with Crippen LogP contribution in [0.2, 0.25) is 0 Å². The van der Waals surface area contributed by atoms with E-state index in [0.29, 0.717) is 0 Å². The predicted octanol–water partition coefficient (Wildman–Crippen LogP) is -2.19. The molecule has 0 atom stereocenters. The van der Waals surface area contributed by atoms with Crippen LogP contribution in [0, 0.1) is 13.1 Å². The van der Waals surface area contributed by atoms with Crippen LogP contribution in [0.3, 0.4) is 0 Å². The first-order valence-corrected chi connectivity index (χ1v) is 2.18. The second-order valence-electron chi connectivity index (χ2n) is 1.46. The molecular formula is C6H6ClMgN. The summed E-state index contributed by atoms with van der Waals surface area (Å²) in [5.74, 6) is 0. The smallest absolute Gasteiger partial charge is 1.00 e. The van der Waals surface area contributed by atoms with Crippen molar-refractivity contribution in [3.63, 3.8) is 0 Å². The Balaban J connectivity index is 0. The number of halogens is 1. The zero-order chi connectivity index (χ0) is 5.11. The van der Waals surface area contributed by atoms with Crippen LogP contribution in [-0.4, -0.2) is 28.0 Å². The van der Waals surface area contributed by atoms with Crippen molar-refractivity contribution in [2.24, 2.45) is 0 Å². The molecule has 0 aliphatic carbocycles. The predicted molar refractivity (Wildman–Crippen MR) is 33.6 cm³/mol. The third-order valence-corrected chi connectivity index (χ3v) is 0.763. The average Bonchev–Trinajstić information content (AvgIpc) is 1.69. The number of aromatic nitrogens is 1. The molecule has 1 rings (SSSR count). The van der Waals surface area contributed by atoms with Gasteiger partial charge in [-0.15, -0.1) is 5.56 Å². The minimum Gasteiger partial charge on any atom is -1.00 e. The van der Waals surface area contributed by atoms with E-state index in [4.69, 9.17) is 0 Å². The van der Waals surface area contributed by atoms with Gasteiger partial charge in [-0.05, 0) is 0 Å². The summed E-state index contributed by atoms with van der Waals surface area (Å²) in [6.45, 7) is 2.00. The van der Waals surface area contributed by atoms with Crippen LogP contribution >= 0.6 is 0 Å². The molecule has 0 aliphatic heterocycles. The summed E-state index contributed by atoms with van der Waals surface area (Å²) in [7, 11) is 0. The fraction of sp³-hybridized carbons (Fsp3) is 0.167. The molecular weight excluding hydrogens is 146 g/mol. The Labute approximate surface area is 77.4 Å². The van der Waals surface area contributed by atoms with E-state index in [1.807, 2.05) is 13.0 Å². The summed E-state index contributed by atoms with van der Waals surface area (Å²) in [6, 6.07) is 3.77. The molecule has 0 fully saturated rings. The van der Waals surface area contributed by atoms with Crippen molar-refractivity contribution in [3.8, 4) is 0 Å². The maximum atomic E-state index is 3.76. The number of rotatable bonds is 0. The third-order valence-electron chi connectivity index (χ3n) is 0.763. The fourth-order valence-corrected chi connectivity index (χ4v) is 0.394. The van der Waals surface area contributed by atoms with Crippen molar-refractivity contribution in [3.05, 3.63) is 30.1 Å². The summed E-state index contributed by atoms with van der Waals surface area (Å²) in [5.41, 5.74) is 1.18. The summed E-state index contributed by atoms with van der Waals surface area (Å²) in [5, 5.41) is 0. The first kappa shape index (κ1) is 11.9. The zero-order valence-electron chi connectivity index (χ0n) is 5.26. The SMILES string of the molecule is Cc1cc[c-]nc1.[Cl-].[Mg+2]. The summed E-state index contributed by atoms with van der Waals surface area (Å²) in [4.78, 5) is 3.76. The number of pyridine rings is 1. The van der Waals surface area contributed by atoms with E-state index < -0.39 is 0 Å². The molecule has 0 spiro atoms. The van der Waals surface area contributed by atoms with E-state index >= 15 is 0 Å². The largest absolute Gasteiger partial charge is 2.00 e.